The third kappa shape index (κ3) is 2.93. The quantitative estimate of drug-likeness (QED) is 0.841. The molecule has 0 spiro atoms. The van der Waals surface area contributed by atoms with Gasteiger partial charge in [-0.1, -0.05) is 12.2 Å². The molecule has 0 aliphatic carbocycles. The minimum atomic E-state index is -0.599. The van der Waals surface area contributed by atoms with Crippen LogP contribution in [0.15, 0.2) is 12.1 Å². The van der Waals surface area contributed by atoms with Gasteiger partial charge in [0.05, 0.1) is 32.5 Å². The first-order chi connectivity index (χ1) is 11.1. The SMILES string of the molecule is COc1cc(C(=O)N2C(=S)C(C)(C)NC2(C)C)cc(OC)c1OC. The smallest absolute Gasteiger partial charge is 0.260 e. The van der Waals surface area contributed by atoms with Crippen LogP contribution in [0.1, 0.15) is 38.1 Å². The molecule has 1 amide bonds. The second-order valence-electron chi connectivity index (χ2n) is 6.67. The Bertz CT molecular complexity index is 660. The maximum Gasteiger partial charge on any atom is 0.260 e. The number of nitrogens with one attached hydrogen (secondary N) is 1. The van der Waals surface area contributed by atoms with Gasteiger partial charge in [-0.15, -0.1) is 0 Å². The first kappa shape index (κ1) is 18.5. The van der Waals surface area contributed by atoms with E-state index in [2.05, 4.69) is 5.32 Å². The predicted molar refractivity (Wildman–Crippen MR) is 96.2 cm³/mol. The van der Waals surface area contributed by atoms with Gasteiger partial charge in [0.2, 0.25) is 5.75 Å². The minimum Gasteiger partial charge on any atom is -0.493 e. The fraction of sp³-hybridized carbons (Fsp3) is 0.529. The van der Waals surface area contributed by atoms with E-state index in [4.69, 9.17) is 26.4 Å². The molecule has 0 saturated carbocycles. The lowest BCUT2D eigenvalue weighted by Gasteiger charge is -2.31. The number of hydrogen-bond acceptors (Lipinski definition) is 6. The number of methoxy groups -OCH3 is 3. The summed E-state index contributed by atoms with van der Waals surface area (Å²) >= 11 is 5.53. The zero-order valence-electron chi connectivity index (χ0n) is 15.1. The number of rotatable bonds is 4. The lowest BCUT2D eigenvalue weighted by molar-refractivity contribution is 0.0732. The summed E-state index contributed by atoms with van der Waals surface area (Å²) in [6.45, 7) is 7.76. The maximum atomic E-state index is 13.1. The minimum absolute atomic E-state index is 0.220. The molecule has 0 bridgehead atoms. The molecule has 0 atom stereocenters. The van der Waals surface area contributed by atoms with Gasteiger partial charge in [0, 0.05) is 5.56 Å². The second kappa shape index (κ2) is 6.22. The Kier molecular flexibility index (Phi) is 4.79. The highest BCUT2D eigenvalue weighted by atomic mass is 32.1. The van der Waals surface area contributed by atoms with Crippen molar-refractivity contribution < 1.29 is 19.0 Å². The van der Waals surface area contributed by atoms with Crippen LogP contribution >= 0.6 is 12.2 Å². The van der Waals surface area contributed by atoms with Gasteiger partial charge in [0.15, 0.2) is 11.5 Å². The van der Waals surface area contributed by atoms with Gasteiger partial charge in [-0.25, -0.2) is 0 Å². The lowest BCUT2D eigenvalue weighted by Crippen LogP contribution is -2.50. The zero-order valence-corrected chi connectivity index (χ0v) is 16.0. The summed E-state index contributed by atoms with van der Waals surface area (Å²) in [5.74, 6) is 1.08. The van der Waals surface area contributed by atoms with Crippen molar-refractivity contribution in [1.82, 2.24) is 10.2 Å². The molecule has 1 N–H and O–H groups in total. The molecule has 0 aromatic heterocycles. The molecule has 1 heterocycles. The molecule has 2 rings (SSSR count). The van der Waals surface area contributed by atoms with Crippen molar-refractivity contribution in [3.63, 3.8) is 0 Å². The van der Waals surface area contributed by atoms with Gasteiger partial charge in [0.25, 0.3) is 5.91 Å². The fourth-order valence-corrected chi connectivity index (χ4v) is 3.45. The molecule has 132 valence electrons. The Hall–Kier alpha value is -1.86. The number of hydrogen-bond donors (Lipinski definition) is 1. The highest BCUT2D eigenvalue weighted by Gasteiger charge is 2.49. The molecule has 0 radical (unpaired) electrons. The summed E-state index contributed by atoms with van der Waals surface area (Å²) < 4.78 is 16.0. The van der Waals surface area contributed by atoms with Crippen molar-refractivity contribution in [3.8, 4) is 17.2 Å². The average Bonchev–Trinajstić information content (AvgIpc) is 2.68. The van der Waals surface area contributed by atoms with Crippen LogP contribution in [0.2, 0.25) is 0 Å². The van der Waals surface area contributed by atoms with Gasteiger partial charge in [-0.2, -0.15) is 0 Å². The molecular weight excluding hydrogens is 328 g/mol. The molecule has 1 aromatic rings. The van der Waals surface area contributed by atoms with Crippen molar-refractivity contribution in [2.24, 2.45) is 0 Å². The zero-order chi connectivity index (χ0) is 18.3. The lowest BCUT2D eigenvalue weighted by atomic mass is 10.1. The van der Waals surface area contributed by atoms with Crippen molar-refractivity contribution >= 4 is 23.1 Å². The van der Waals surface area contributed by atoms with E-state index in [9.17, 15) is 4.79 Å². The van der Waals surface area contributed by atoms with Crippen molar-refractivity contribution in [1.29, 1.82) is 0 Å². The number of thiocarbonyl (C=S) groups is 1. The number of ether oxygens (including phenoxy) is 3. The first-order valence-electron chi connectivity index (χ1n) is 7.57. The Morgan fingerprint density at radius 1 is 1.04 bits per heavy atom. The summed E-state index contributed by atoms with van der Waals surface area (Å²) in [5.41, 5.74) is -0.632. The van der Waals surface area contributed by atoms with Crippen LogP contribution in [0.4, 0.5) is 0 Å². The highest BCUT2D eigenvalue weighted by Crippen LogP contribution is 2.39. The van der Waals surface area contributed by atoms with Gasteiger partial charge >= 0.3 is 0 Å². The van der Waals surface area contributed by atoms with E-state index in [1.165, 1.54) is 21.3 Å². The normalized spacial score (nSPS) is 18.5. The maximum absolute atomic E-state index is 13.1. The molecule has 1 aromatic carbocycles. The molecule has 1 saturated heterocycles. The molecule has 24 heavy (non-hydrogen) atoms. The standard InChI is InChI=1S/C17H24N2O4S/c1-16(2)15(24)19(17(3,4)18-16)14(20)10-8-11(21-5)13(23-7)12(9-10)22-6/h8-9,18H,1-7H3. The van der Waals surface area contributed by atoms with Crippen LogP contribution in [-0.2, 0) is 0 Å². The molecule has 1 aliphatic rings. The number of carbonyl (C=O) groups excluding carboxylic acids is 1. The third-order valence-electron chi connectivity index (χ3n) is 4.03. The molecule has 7 heteroatoms. The third-order valence-corrected chi connectivity index (χ3v) is 4.72. The Morgan fingerprint density at radius 3 is 1.88 bits per heavy atom. The number of benzene rings is 1. The monoisotopic (exact) mass is 352 g/mol. The number of nitrogens with zero attached hydrogens (tertiary/aromatic N) is 1. The molecule has 1 fully saturated rings. The van der Waals surface area contributed by atoms with Crippen LogP contribution in [0.25, 0.3) is 0 Å². The van der Waals surface area contributed by atoms with Crippen LogP contribution in [0, 0.1) is 0 Å². The van der Waals surface area contributed by atoms with Crippen LogP contribution in [0.5, 0.6) is 17.2 Å². The van der Waals surface area contributed by atoms with E-state index >= 15 is 0 Å². The van der Waals surface area contributed by atoms with E-state index in [1.54, 1.807) is 17.0 Å². The summed E-state index contributed by atoms with van der Waals surface area (Å²) in [4.78, 5) is 15.3. The van der Waals surface area contributed by atoms with Crippen LogP contribution in [0.3, 0.4) is 0 Å². The van der Waals surface area contributed by atoms with Crippen LogP contribution < -0.4 is 19.5 Å². The number of amides is 1. The summed E-state index contributed by atoms with van der Waals surface area (Å²) in [6, 6.07) is 3.27. The molecule has 0 unspecified atom stereocenters. The van der Waals surface area contributed by atoms with Crippen molar-refractivity contribution in [3.05, 3.63) is 17.7 Å². The van der Waals surface area contributed by atoms with E-state index < -0.39 is 11.2 Å². The fourth-order valence-electron chi connectivity index (χ4n) is 3.09. The summed E-state index contributed by atoms with van der Waals surface area (Å²) in [6.07, 6.45) is 0. The highest BCUT2D eigenvalue weighted by molar-refractivity contribution is 7.80. The molecule has 6 nitrogen and oxygen atoms in total. The largest absolute Gasteiger partial charge is 0.493 e. The van der Waals surface area contributed by atoms with Gasteiger partial charge in [0.1, 0.15) is 4.99 Å². The summed E-state index contributed by atoms with van der Waals surface area (Å²) in [7, 11) is 4.55. The Labute approximate surface area is 148 Å². The van der Waals surface area contributed by atoms with Crippen molar-refractivity contribution in [2.45, 2.75) is 38.9 Å². The van der Waals surface area contributed by atoms with Gasteiger partial charge < -0.3 is 14.2 Å². The van der Waals surface area contributed by atoms with Crippen LogP contribution in [-0.4, -0.2) is 48.3 Å². The topological polar surface area (TPSA) is 60.0 Å². The Morgan fingerprint density at radius 2 is 1.54 bits per heavy atom. The average molecular weight is 352 g/mol. The van der Waals surface area contributed by atoms with E-state index in [-0.39, 0.29) is 5.91 Å². The van der Waals surface area contributed by atoms with Gasteiger partial charge in [-0.05, 0) is 39.8 Å². The number of carbonyl (C=O) groups is 1. The molecule has 1 aliphatic heterocycles. The van der Waals surface area contributed by atoms with E-state index in [1.807, 2.05) is 27.7 Å². The first-order valence-corrected chi connectivity index (χ1v) is 7.98. The van der Waals surface area contributed by atoms with E-state index in [0.717, 1.165) is 0 Å². The van der Waals surface area contributed by atoms with E-state index in [0.29, 0.717) is 27.8 Å². The van der Waals surface area contributed by atoms with Crippen molar-refractivity contribution in [2.75, 3.05) is 21.3 Å². The van der Waals surface area contributed by atoms with Gasteiger partial charge in [-0.3, -0.25) is 15.0 Å². The summed E-state index contributed by atoms with van der Waals surface area (Å²) in [5, 5.41) is 3.38. The molecular formula is C17H24N2O4S. The predicted octanol–water partition coefficient (Wildman–Crippen LogP) is 2.60. The second-order valence-corrected chi connectivity index (χ2v) is 7.06. The Balaban J connectivity index is 2.52.